The lowest BCUT2D eigenvalue weighted by Crippen LogP contribution is -2.44. The van der Waals surface area contributed by atoms with Crippen molar-refractivity contribution in [3.05, 3.63) is 69.3 Å². The van der Waals surface area contributed by atoms with E-state index in [4.69, 9.17) is 0 Å². The minimum absolute atomic E-state index is 0.235. The Morgan fingerprint density at radius 1 is 1.13 bits per heavy atom. The maximum atomic E-state index is 14.6. The predicted molar refractivity (Wildman–Crippen MR) is 91.9 cm³/mol. The Kier molecular flexibility index (Phi) is 6.04. The first-order valence-electron chi connectivity index (χ1n) is 6.94. The SMILES string of the molecule is N#CC(NC(CO)c1ccccc1)C(F)(F)c1ccc(I)cc1. The fraction of sp³-hybridized carbons (Fsp3) is 0.235. The standard InChI is InChI=1S/C17H15F2IN2O/c18-17(19,13-6-8-14(20)9-7-13)16(10-21)22-15(11-23)12-4-2-1-3-5-12/h1-9,15-16,22-23H,11H2. The Morgan fingerprint density at radius 3 is 2.26 bits per heavy atom. The summed E-state index contributed by atoms with van der Waals surface area (Å²) >= 11 is 2.03. The number of halogens is 3. The molecule has 2 rings (SSSR count). The first-order valence-corrected chi connectivity index (χ1v) is 8.02. The van der Waals surface area contributed by atoms with E-state index in [2.05, 4.69) is 5.32 Å². The number of nitrogens with one attached hydrogen (secondary N) is 1. The van der Waals surface area contributed by atoms with Gasteiger partial charge in [-0.2, -0.15) is 14.0 Å². The molecule has 0 amide bonds. The molecule has 0 aliphatic rings. The van der Waals surface area contributed by atoms with Crippen molar-refractivity contribution >= 4 is 22.6 Å². The number of aliphatic hydroxyl groups excluding tert-OH is 1. The van der Waals surface area contributed by atoms with Gasteiger partial charge in [0.2, 0.25) is 0 Å². The molecule has 6 heteroatoms. The molecule has 2 unspecified atom stereocenters. The second kappa shape index (κ2) is 7.81. The summed E-state index contributed by atoms with van der Waals surface area (Å²) in [5.74, 6) is -3.37. The highest BCUT2D eigenvalue weighted by Gasteiger charge is 2.42. The molecule has 23 heavy (non-hydrogen) atoms. The lowest BCUT2D eigenvalue weighted by Gasteiger charge is -2.27. The molecule has 2 aromatic carbocycles. The molecule has 120 valence electrons. The van der Waals surface area contributed by atoms with Gasteiger partial charge in [-0.15, -0.1) is 0 Å². The van der Waals surface area contributed by atoms with Crippen LogP contribution in [-0.2, 0) is 5.92 Å². The summed E-state index contributed by atoms with van der Waals surface area (Å²) in [6.07, 6.45) is 0. The number of rotatable bonds is 6. The molecule has 0 aliphatic heterocycles. The fourth-order valence-electron chi connectivity index (χ4n) is 2.20. The number of nitriles is 1. The molecule has 0 spiro atoms. The van der Waals surface area contributed by atoms with Crippen LogP contribution in [0.25, 0.3) is 0 Å². The summed E-state index contributed by atoms with van der Waals surface area (Å²) < 4.78 is 30.0. The summed E-state index contributed by atoms with van der Waals surface area (Å²) in [6.45, 7) is -0.384. The van der Waals surface area contributed by atoms with Crippen molar-refractivity contribution in [2.75, 3.05) is 6.61 Å². The van der Waals surface area contributed by atoms with Crippen molar-refractivity contribution in [2.45, 2.75) is 18.0 Å². The van der Waals surface area contributed by atoms with Gasteiger partial charge in [0.25, 0.3) is 0 Å². The molecule has 0 radical (unpaired) electrons. The molecule has 0 saturated heterocycles. The largest absolute Gasteiger partial charge is 0.394 e. The van der Waals surface area contributed by atoms with Gasteiger partial charge in [0.15, 0.2) is 6.04 Å². The predicted octanol–water partition coefficient (Wildman–Crippen LogP) is 3.60. The van der Waals surface area contributed by atoms with Crippen LogP contribution in [-0.4, -0.2) is 17.8 Å². The highest BCUT2D eigenvalue weighted by molar-refractivity contribution is 14.1. The van der Waals surface area contributed by atoms with Crippen LogP contribution in [0.2, 0.25) is 0 Å². The minimum atomic E-state index is -3.37. The van der Waals surface area contributed by atoms with Crippen molar-refractivity contribution in [1.82, 2.24) is 5.32 Å². The molecule has 0 bridgehead atoms. The van der Waals surface area contributed by atoms with Crippen LogP contribution >= 0.6 is 22.6 Å². The highest BCUT2D eigenvalue weighted by atomic mass is 127. The van der Waals surface area contributed by atoms with Gasteiger partial charge in [0.05, 0.1) is 18.7 Å². The average molecular weight is 428 g/mol. The summed E-state index contributed by atoms with van der Waals surface area (Å²) in [7, 11) is 0. The maximum absolute atomic E-state index is 14.6. The van der Waals surface area contributed by atoms with Gasteiger partial charge < -0.3 is 5.11 Å². The molecular formula is C17H15F2IN2O. The molecule has 0 heterocycles. The van der Waals surface area contributed by atoms with Crippen molar-refractivity contribution < 1.29 is 13.9 Å². The van der Waals surface area contributed by atoms with E-state index in [9.17, 15) is 19.1 Å². The number of nitrogens with zero attached hydrogens (tertiary/aromatic N) is 1. The van der Waals surface area contributed by atoms with Crippen LogP contribution in [0.15, 0.2) is 54.6 Å². The first kappa shape index (κ1) is 17.8. The van der Waals surface area contributed by atoms with Gasteiger partial charge in [-0.25, -0.2) is 0 Å². The van der Waals surface area contributed by atoms with Gasteiger partial charge in [-0.1, -0.05) is 42.5 Å². The van der Waals surface area contributed by atoms with E-state index < -0.39 is 18.0 Å². The van der Waals surface area contributed by atoms with Crippen LogP contribution in [0.1, 0.15) is 17.2 Å². The minimum Gasteiger partial charge on any atom is -0.394 e. The monoisotopic (exact) mass is 428 g/mol. The number of benzene rings is 2. The third-order valence-electron chi connectivity index (χ3n) is 3.47. The topological polar surface area (TPSA) is 56.0 Å². The first-order chi connectivity index (χ1) is 11.0. The number of aliphatic hydroxyl groups is 1. The van der Waals surface area contributed by atoms with Gasteiger partial charge >= 0.3 is 5.92 Å². The molecule has 0 aromatic heterocycles. The summed E-state index contributed by atoms with van der Waals surface area (Å²) in [5.41, 5.74) is 0.412. The van der Waals surface area contributed by atoms with Gasteiger partial charge in [0, 0.05) is 9.13 Å². The molecule has 2 N–H and O–H groups in total. The molecule has 0 saturated carbocycles. The summed E-state index contributed by atoms with van der Waals surface area (Å²) in [4.78, 5) is 0. The van der Waals surface area contributed by atoms with Gasteiger partial charge in [-0.3, -0.25) is 5.32 Å². The Balaban J connectivity index is 2.24. The van der Waals surface area contributed by atoms with E-state index in [0.29, 0.717) is 5.56 Å². The Morgan fingerprint density at radius 2 is 1.74 bits per heavy atom. The lowest BCUT2D eigenvalue weighted by atomic mass is 9.99. The summed E-state index contributed by atoms with van der Waals surface area (Å²) in [6, 6.07) is 13.6. The fourth-order valence-corrected chi connectivity index (χ4v) is 2.56. The van der Waals surface area contributed by atoms with E-state index in [1.54, 1.807) is 48.5 Å². The lowest BCUT2D eigenvalue weighted by molar-refractivity contribution is -0.0309. The second-order valence-electron chi connectivity index (χ2n) is 5.00. The van der Waals surface area contributed by atoms with Crippen LogP contribution in [0, 0.1) is 14.9 Å². The highest BCUT2D eigenvalue weighted by Crippen LogP contribution is 2.33. The molecule has 2 atom stereocenters. The van der Waals surface area contributed by atoms with Gasteiger partial charge in [-0.05, 0) is 40.3 Å². The number of hydrogen-bond donors (Lipinski definition) is 2. The number of hydrogen-bond acceptors (Lipinski definition) is 3. The normalized spacial score (nSPS) is 14.0. The average Bonchev–Trinajstić information content (AvgIpc) is 2.57. The third kappa shape index (κ3) is 4.25. The molecule has 0 aliphatic carbocycles. The van der Waals surface area contributed by atoms with Crippen molar-refractivity contribution in [3.8, 4) is 6.07 Å². The third-order valence-corrected chi connectivity index (χ3v) is 4.19. The van der Waals surface area contributed by atoms with E-state index in [1.807, 2.05) is 22.6 Å². The van der Waals surface area contributed by atoms with Crippen LogP contribution < -0.4 is 5.32 Å². The Labute approximate surface area is 147 Å². The Hall–Kier alpha value is -1.56. The molecular weight excluding hydrogens is 413 g/mol. The molecule has 0 fully saturated rings. The smallest absolute Gasteiger partial charge is 0.301 e. The molecule has 2 aromatic rings. The van der Waals surface area contributed by atoms with E-state index in [0.717, 1.165) is 3.57 Å². The second-order valence-corrected chi connectivity index (χ2v) is 6.25. The van der Waals surface area contributed by atoms with Crippen LogP contribution in [0.3, 0.4) is 0 Å². The van der Waals surface area contributed by atoms with E-state index >= 15 is 0 Å². The maximum Gasteiger partial charge on any atom is 0.301 e. The van der Waals surface area contributed by atoms with E-state index in [-0.39, 0.29) is 12.2 Å². The zero-order chi connectivity index (χ0) is 16.9. The van der Waals surface area contributed by atoms with Crippen molar-refractivity contribution in [2.24, 2.45) is 0 Å². The van der Waals surface area contributed by atoms with E-state index in [1.165, 1.54) is 12.1 Å². The van der Waals surface area contributed by atoms with Crippen molar-refractivity contribution in [3.63, 3.8) is 0 Å². The van der Waals surface area contributed by atoms with Crippen molar-refractivity contribution in [1.29, 1.82) is 5.26 Å². The molecule has 3 nitrogen and oxygen atoms in total. The number of alkyl halides is 2. The quantitative estimate of drug-likeness (QED) is 0.692. The van der Waals surface area contributed by atoms with Gasteiger partial charge in [0.1, 0.15) is 0 Å². The zero-order valence-electron chi connectivity index (χ0n) is 12.1. The zero-order valence-corrected chi connectivity index (χ0v) is 14.2. The summed E-state index contributed by atoms with van der Waals surface area (Å²) in [5, 5.41) is 21.2. The Bertz CT molecular complexity index is 671. The van der Waals surface area contributed by atoms with Crippen LogP contribution in [0.4, 0.5) is 8.78 Å². The van der Waals surface area contributed by atoms with Crippen LogP contribution in [0.5, 0.6) is 0 Å².